The topological polar surface area (TPSA) is 70.2 Å². The fraction of sp³-hybridized carbons (Fsp3) is 0.421. The van der Waals surface area contributed by atoms with E-state index in [0.29, 0.717) is 12.0 Å². The van der Waals surface area contributed by atoms with Crippen molar-refractivity contribution in [3.05, 3.63) is 42.2 Å². The molecule has 0 saturated heterocycles. The molecule has 134 valence electrons. The molecule has 0 fully saturated rings. The van der Waals surface area contributed by atoms with E-state index in [9.17, 15) is 4.79 Å². The molecule has 0 spiro atoms. The van der Waals surface area contributed by atoms with Crippen LogP contribution in [0.15, 0.2) is 36.7 Å². The monoisotopic (exact) mass is 341 g/mol. The predicted molar refractivity (Wildman–Crippen MR) is 102 cm³/mol. The van der Waals surface area contributed by atoms with Gasteiger partial charge in [0.25, 0.3) is 0 Å². The average molecular weight is 341 g/mol. The Morgan fingerprint density at radius 2 is 1.64 bits per heavy atom. The van der Waals surface area contributed by atoms with Gasteiger partial charge < -0.3 is 15.5 Å². The highest BCUT2D eigenvalue weighted by Crippen LogP contribution is 2.19. The van der Waals surface area contributed by atoms with Crippen molar-refractivity contribution in [1.29, 1.82) is 0 Å². The van der Waals surface area contributed by atoms with Gasteiger partial charge in [-0.2, -0.15) is 0 Å². The molecule has 0 aliphatic heterocycles. The zero-order chi connectivity index (χ0) is 18.4. The molecule has 2 N–H and O–H groups in total. The Bertz CT molecular complexity index is 680. The summed E-state index contributed by atoms with van der Waals surface area (Å²) in [6.45, 7) is 6.11. The number of amides is 2. The minimum atomic E-state index is -0.0728. The fourth-order valence-electron chi connectivity index (χ4n) is 2.39. The van der Waals surface area contributed by atoms with Crippen LogP contribution in [-0.4, -0.2) is 47.1 Å². The van der Waals surface area contributed by atoms with E-state index >= 15 is 0 Å². The first-order valence-corrected chi connectivity index (χ1v) is 8.51. The highest BCUT2D eigenvalue weighted by molar-refractivity contribution is 5.73. The fourth-order valence-corrected chi connectivity index (χ4v) is 2.39. The van der Waals surface area contributed by atoms with E-state index < -0.39 is 0 Å². The third-order valence-electron chi connectivity index (χ3n) is 3.67. The van der Waals surface area contributed by atoms with Gasteiger partial charge in [-0.1, -0.05) is 24.3 Å². The number of benzene rings is 1. The number of anilines is 1. The molecule has 6 heteroatoms. The van der Waals surface area contributed by atoms with Crippen LogP contribution < -0.4 is 10.6 Å². The second-order valence-electron chi connectivity index (χ2n) is 6.74. The van der Waals surface area contributed by atoms with Crippen molar-refractivity contribution < 1.29 is 4.79 Å². The Balaban J connectivity index is 1.98. The van der Waals surface area contributed by atoms with E-state index in [2.05, 4.69) is 58.7 Å². The molecule has 0 aliphatic carbocycles. The number of carbonyl (C=O) groups is 1. The maximum absolute atomic E-state index is 11.7. The lowest BCUT2D eigenvalue weighted by Gasteiger charge is -2.18. The minimum Gasteiger partial charge on any atom is -0.352 e. The molecule has 2 amide bonds. The molecule has 1 aromatic heterocycles. The van der Waals surface area contributed by atoms with Gasteiger partial charge in [0.1, 0.15) is 0 Å². The van der Waals surface area contributed by atoms with Gasteiger partial charge >= 0.3 is 6.03 Å². The number of hydrogen-bond donors (Lipinski definition) is 2. The number of aromatic nitrogens is 2. The Morgan fingerprint density at radius 3 is 2.16 bits per heavy atom. The third kappa shape index (κ3) is 5.74. The summed E-state index contributed by atoms with van der Waals surface area (Å²) >= 11 is 0. The number of nitrogens with zero attached hydrogens (tertiary/aromatic N) is 3. The van der Waals surface area contributed by atoms with Crippen molar-refractivity contribution in [3.8, 4) is 11.1 Å². The maximum atomic E-state index is 11.7. The van der Waals surface area contributed by atoms with Crippen molar-refractivity contribution in [2.45, 2.75) is 39.3 Å². The van der Waals surface area contributed by atoms with Crippen molar-refractivity contribution in [1.82, 2.24) is 20.2 Å². The molecule has 1 unspecified atom stereocenters. The summed E-state index contributed by atoms with van der Waals surface area (Å²) in [5.41, 5.74) is 3.23. The van der Waals surface area contributed by atoms with Crippen LogP contribution in [0, 0.1) is 0 Å². The van der Waals surface area contributed by atoms with Crippen LogP contribution in [0.2, 0.25) is 0 Å². The Kier molecular flexibility index (Phi) is 6.33. The Hall–Kier alpha value is -2.63. The van der Waals surface area contributed by atoms with E-state index in [-0.39, 0.29) is 12.1 Å². The van der Waals surface area contributed by atoms with Crippen LogP contribution in [0.3, 0.4) is 0 Å². The van der Waals surface area contributed by atoms with E-state index in [1.807, 2.05) is 19.3 Å². The molecule has 0 bridgehead atoms. The first-order chi connectivity index (χ1) is 11.8. The van der Waals surface area contributed by atoms with Gasteiger partial charge in [0, 0.05) is 44.1 Å². The molecule has 1 atom stereocenters. The standard InChI is InChI=1S/C19H27N5O/c1-13(2)22-18-20-11-17(12-21-18)16-8-6-15(7-9-16)10-14(3)23-19(25)24(4)5/h6-9,11-14H,10H2,1-5H3,(H,23,25)(H,20,21,22). The maximum Gasteiger partial charge on any atom is 0.317 e. The summed E-state index contributed by atoms with van der Waals surface area (Å²) in [4.78, 5) is 21.9. The summed E-state index contributed by atoms with van der Waals surface area (Å²) in [6, 6.07) is 8.58. The largest absolute Gasteiger partial charge is 0.352 e. The lowest BCUT2D eigenvalue weighted by molar-refractivity contribution is 0.214. The number of hydrogen-bond acceptors (Lipinski definition) is 4. The number of carbonyl (C=O) groups excluding carboxylic acids is 1. The minimum absolute atomic E-state index is 0.0728. The average Bonchev–Trinajstić information content (AvgIpc) is 2.55. The Morgan fingerprint density at radius 1 is 1.04 bits per heavy atom. The normalized spacial score (nSPS) is 11.9. The summed E-state index contributed by atoms with van der Waals surface area (Å²) in [5.74, 6) is 0.640. The summed E-state index contributed by atoms with van der Waals surface area (Å²) in [7, 11) is 3.47. The van der Waals surface area contributed by atoms with E-state index in [4.69, 9.17) is 0 Å². The third-order valence-corrected chi connectivity index (χ3v) is 3.67. The van der Waals surface area contributed by atoms with Crippen LogP contribution >= 0.6 is 0 Å². The molecule has 2 aromatic rings. The van der Waals surface area contributed by atoms with Gasteiger partial charge in [0.2, 0.25) is 5.95 Å². The first-order valence-electron chi connectivity index (χ1n) is 8.51. The van der Waals surface area contributed by atoms with Gasteiger partial charge in [0.05, 0.1) is 0 Å². The van der Waals surface area contributed by atoms with Gasteiger partial charge in [0.15, 0.2) is 0 Å². The zero-order valence-corrected chi connectivity index (χ0v) is 15.6. The first kappa shape index (κ1) is 18.7. The van der Waals surface area contributed by atoms with Crippen molar-refractivity contribution >= 4 is 12.0 Å². The zero-order valence-electron chi connectivity index (χ0n) is 15.6. The summed E-state index contributed by atoms with van der Waals surface area (Å²) in [5, 5.41) is 6.13. The van der Waals surface area contributed by atoms with Crippen LogP contribution in [-0.2, 0) is 6.42 Å². The second-order valence-corrected chi connectivity index (χ2v) is 6.74. The molecule has 6 nitrogen and oxygen atoms in total. The predicted octanol–water partition coefficient (Wildman–Crippen LogP) is 3.17. The van der Waals surface area contributed by atoms with Crippen molar-refractivity contribution in [2.24, 2.45) is 0 Å². The van der Waals surface area contributed by atoms with E-state index in [0.717, 1.165) is 17.5 Å². The highest BCUT2D eigenvalue weighted by Gasteiger charge is 2.09. The second kappa shape index (κ2) is 8.46. The molecule has 0 radical (unpaired) electrons. The highest BCUT2D eigenvalue weighted by atomic mass is 16.2. The Labute approximate surface area is 149 Å². The molecule has 1 aromatic carbocycles. The summed E-state index contributed by atoms with van der Waals surface area (Å²) < 4.78 is 0. The molecule has 1 heterocycles. The number of rotatable bonds is 6. The van der Waals surface area contributed by atoms with Gasteiger partial charge in [-0.05, 0) is 38.3 Å². The number of nitrogens with one attached hydrogen (secondary N) is 2. The quantitative estimate of drug-likeness (QED) is 0.847. The number of urea groups is 1. The lowest BCUT2D eigenvalue weighted by Crippen LogP contribution is -2.40. The molecule has 0 saturated carbocycles. The SMILES string of the molecule is CC(C)Nc1ncc(-c2ccc(CC(C)NC(=O)N(C)C)cc2)cn1. The summed E-state index contributed by atoms with van der Waals surface area (Å²) in [6.07, 6.45) is 4.44. The van der Waals surface area contributed by atoms with Crippen molar-refractivity contribution in [2.75, 3.05) is 19.4 Å². The van der Waals surface area contributed by atoms with Crippen LogP contribution in [0.25, 0.3) is 11.1 Å². The van der Waals surface area contributed by atoms with Gasteiger partial charge in [-0.3, -0.25) is 0 Å². The van der Waals surface area contributed by atoms with Crippen LogP contribution in [0.5, 0.6) is 0 Å². The molecule has 0 aliphatic rings. The van der Waals surface area contributed by atoms with Crippen molar-refractivity contribution in [3.63, 3.8) is 0 Å². The smallest absolute Gasteiger partial charge is 0.317 e. The molecular formula is C19H27N5O. The molecular weight excluding hydrogens is 314 g/mol. The lowest BCUT2D eigenvalue weighted by atomic mass is 10.0. The van der Waals surface area contributed by atoms with Crippen LogP contribution in [0.4, 0.5) is 10.7 Å². The van der Waals surface area contributed by atoms with Gasteiger partial charge in [-0.15, -0.1) is 0 Å². The van der Waals surface area contributed by atoms with E-state index in [1.54, 1.807) is 14.1 Å². The molecule has 25 heavy (non-hydrogen) atoms. The van der Waals surface area contributed by atoms with Gasteiger partial charge in [-0.25, -0.2) is 14.8 Å². The van der Waals surface area contributed by atoms with E-state index in [1.165, 1.54) is 10.5 Å². The van der Waals surface area contributed by atoms with Crippen LogP contribution in [0.1, 0.15) is 26.3 Å². The molecule has 2 rings (SSSR count).